The molecule has 204 valence electrons. The summed E-state index contributed by atoms with van der Waals surface area (Å²) in [5, 5.41) is 12.5. The molecule has 2 aromatic carbocycles. The van der Waals surface area contributed by atoms with Gasteiger partial charge in [-0.25, -0.2) is 4.39 Å². The highest BCUT2D eigenvalue weighted by molar-refractivity contribution is 5.85. The van der Waals surface area contributed by atoms with Crippen LogP contribution >= 0.6 is 0 Å². The van der Waals surface area contributed by atoms with Crippen molar-refractivity contribution >= 4 is 5.91 Å². The predicted molar refractivity (Wildman–Crippen MR) is 138 cm³/mol. The number of nitriles is 1. The minimum Gasteiger partial charge on any atom is -0.371 e. The van der Waals surface area contributed by atoms with Crippen LogP contribution in [0, 0.1) is 17.1 Å². The molecule has 0 aromatic heterocycles. The van der Waals surface area contributed by atoms with Crippen molar-refractivity contribution in [1.29, 1.82) is 5.26 Å². The molecule has 0 spiro atoms. The van der Waals surface area contributed by atoms with E-state index in [0.717, 1.165) is 11.1 Å². The summed E-state index contributed by atoms with van der Waals surface area (Å²) >= 11 is 0. The normalized spacial score (nSPS) is 26.1. The molecule has 8 nitrogen and oxygen atoms in total. The molecule has 9 heteroatoms. The predicted octanol–water partition coefficient (Wildman–Crippen LogP) is 3.53. The molecule has 0 bridgehead atoms. The number of amides is 1. The van der Waals surface area contributed by atoms with Gasteiger partial charge in [0.25, 0.3) is 5.91 Å². The van der Waals surface area contributed by atoms with Crippen LogP contribution < -0.4 is 5.32 Å². The Morgan fingerprint density at radius 2 is 1.87 bits per heavy atom. The lowest BCUT2D eigenvalue weighted by Crippen LogP contribution is -2.60. The zero-order valence-electron chi connectivity index (χ0n) is 22.4. The summed E-state index contributed by atoms with van der Waals surface area (Å²) in [6, 6.07) is 15.5. The number of nitrogens with zero attached hydrogens (tertiary/aromatic N) is 2. The van der Waals surface area contributed by atoms with Crippen molar-refractivity contribution < 1.29 is 28.1 Å². The summed E-state index contributed by atoms with van der Waals surface area (Å²) < 4.78 is 38.7. The van der Waals surface area contributed by atoms with Crippen molar-refractivity contribution in [2.45, 2.75) is 69.6 Å². The maximum Gasteiger partial charge on any atom is 0.252 e. The molecule has 1 saturated heterocycles. The van der Waals surface area contributed by atoms with Crippen molar-refractivity contribution in [3.05, 3.63) is 71.0 Å². The van der Waals surface area contributed by atoms with E-state index in [2.05, 4.69) is 11.4 Å². The molecule has 1 aliphatic carbocycles. The molecular formula is C29H36FN3O5. The minimum atomic E-state index is -1.26. The van der Waals surface area contributed by atoms with Gasteiger partial charge in [0.1, 0.15) is 11.9 Å². The summed E-state index contributed by atoms with van der Waals surface area (Å²) in [4.78, 5) is 15.7. The Kier molecular flexibility index (Phi) is 8.81. The molecule has 2 fully saturated rings. The molecule has 1 saturated carbocycles. The van der Waals surface area contributed by atoms with Gasteiger partial charge >= 0.3 is 0 Å². The highest BCUT2D eigenvalue weighted by Gasteiger charge is 2.58. The fraction of sp³-hybridized carbons (Fsp3) is 0.517. The first kappa shape index (κ1) is 28.1. The van der Waals surface area contributed by atoms with Crippen LogP contribution in [0.1, 0.15) is 43.4 Å². The van der Waals surface area contributed by atoms with Crippen molar-refractivity contribution in [3.8, 4) is 6.07 Å². The zero-order valence-corrected chi connectivity index (χ0v) is 22.4. The van der Waals surface area contributed by atoms with Gasteiger partial charge in [-0.05, 0) is 57.3 Å². The Balaban J connectivity index is 1.60. The zero-order chi connectivity index (χ0) is 27.3. The lowest BCUT2D eigenvalue weighted by molar-refractivity contribution is -0.183. The summed E-state index contributed by atoms with van der Waals surface area (Å²) in [6.45, 7) is 5.09. The second-order valence-corrected chi connectivity index (χ2v) is 10.6. The van der Waals surface area contributed by atoms with Crippen LogP contribution in [-0.4, -0.2) is 67.7 Å². The summed E-state index contributed by atoms with van der Waals surface area (Å²) in [7, 11) is 3.87. The van der Waals surface area contributed by atoms with E-state index in [0.29, 0.717) is 18.7 Å². The third-order valence-electron chi connectivity index (χ3n) is 6.93. The molecule has 4 atom stereocenters. The molecule has 2 aromatic rings. The minimum absolute atomic E-state index is 0.118. The van der Waals surface area contributed by atoms with Gasteiger partial charge in [-0.3, -0.25) is 4.79 Å². The number of fused-ring (bicyclic) bond motifs is 1. The van der Waals surface area contributed by atoms with Crippen LogP contribution in [0.4, 0.5) is 4.39 Å². The number of halogens is 1. The van der Waals surface area contributed by atoms with Gasteiger partial charge in [0.2, 0.25) is 0 Å². The maximum absolute atomic E-state index is 13.7. The lowest BCUT2D eigenvalue weighted by Gasteiger charge is -2.43. The van der Waals surface area contributed by atoms with Gasteiger partial charge < -0.3 is 29.2 Å². The lowest BCUT2D eigenvalue weighted by atomic mass is 9.78. The van der Waals surface area contributed by atoms with Crippen molar-refractivity contribution in [2.24, 2.45) is 0 Å². The summed E-state index contributed by atoms with van der Waals surface area (Å²) in [5.74, 6) is -1.44. The molecule has 1 aliphatic heterocycles. The Morgan fingerprint density at radius 3 is 2.58 bits per heavy atom. The topological polar surface area (TPSA) is 93.1 Å². The van der Waals surface area contributed by atoms with Gasteiger partial charge in [0.15, 0.2) is 11.4 Å². The molecule has 0 radical (unpaired) electrons. The monoisotopic (exact) mass is 525 g/mol. The average Bonchev–Trinajstić information content (AvgIpc) is 3.20. The Morgan fingerprint density at radius 1 is 1.13 bits per heavy atom. The number of carbonyl (C=O) groups excluding carboxylic acids is 1. The van der Waals surface area contributed by atoms with E-state index in [1.807, 2.05) is 51.0 Å². The third-order valence-corrected chi connectivity index (χ3v) is 6.93. The number of benzene rings is 2. The van der Waals surface area contributed by atoms with Crippen LogP contribution in [0.25, 0.3) is 0 Å². The number of ether oxygens (including phenoxy) is 4. The smallest absolute Gasteiger partial charge is 0.252 e. The largest absolute Gasteiger partial charge is 0.371 e. The summed E-state index contributed by atoms with van der Waals surface area (Å²) in [6.07, 6.45) is -0.864. The quantitative estimate of drug-likeness (QED) is 0.507. The van der Waals surface area contributed by atoms with E-state index in [1.54, 1.807) is 18.2 Å². The van der Waals surface area contributed by atoms with E-state index in [9.17, 15) is 14.4 Å². The van der Waals surface area contributed by atoms with E-state index in [1.165, 1.54) is 12.1 Å². The molecular weight excluding hydrogens is 489 g/mol. The van der Waals surface area contributed by atoms with Gasteiger partial charge in [-0.15, -0.1) is 0 Å². The average molecular weight is 526 g/mol. The van der Waals surface area contributed by atoms with Crippen molar-refractivity contribution in [2.75, 3.05) is 27.2 Å². The molecule has 0 unspecified atom stereocenters. The van der Waals surface area contributed by atoms with Gasteiger partial charge in [0, 0.05) is 25.9 Å². The molecule has 1 N–H and O–H groups in total. The van der Waals surface area contributed by atoms with Gasteiger partial charge in [-0.1, -0.05) is 30.3 Å². The number of hydrogen-bond acceptors (Lipinski definition) is 7. The third kappa shape index (κ3) is 6.76. The van der Waals surface area contributed by atoms with E-state index >= 15 is 0 Å². The van der Waals surface area contributed by atoms with Crippen LogP contribution in [0.3, 0.4) is 0 Å². The standard InChI is InChI=1S/C29H36FN3O5/c1-28(2)37-25-16-29(27(34)32-13-14-33(3)4,36-18-20-9-11-23(30)12-10-20)15-24(26(25)38-28)35-19-22-8-6-5-7-21(22)17-31/h5-12,24-26H,13-16,18-19H2,1-4H3,(H,32,34)/t24-,25+,26-,29+/m0/s1. The Hall–Kier alpha value is -2.87. The van der Waals surface area contributed by atoms with Crippen molar-refractivity contribution in [3.63, 3.8) is 0 Å². The van der Waals surface area contributed by atoms with E-state index in [-0.39, 0.29) is 37.8 Å². The Labute approximate surface area is 223 Å². The van der Waals surface area contributed by atoms with Crippen LogP contribution in [0.2, 0.25) is 0 Å². The first-order valence-electron chi connectivity index (χ1n) is 12.9. The molecule has 38 heavy (non-hydrogen) atoms. The fourth-order valence-electron chi connectivity index (χ4n) is 5.02. The number of rotatable bonds is 10. The number of likely N-dealkylation sites (N-methyl/N-ethyl adjacent to an activating group) is 1. The van der Waals surface area contributed by atoms with E-state index in [4.69, 9.17) is 18.9 Å². The van der Waals surface area contributed by atoms with Crippen LogP contribution in [0.5, 0.6) is 0 Å². The molecule has 2 aliphatic rings. The first-order valence-corrected chi connectivity index (χ1v) is 12.9. The molecule has 1 amide bonds. The fourth-order valence-corrected chi connectivity index (χ4v) is 5.02. The second-order valence-electron chi connectivity index (χ2n) is 10.6. The SMILES string of the molecule is CN(C)CCNC(=O)[C@@]1(OCc2ccc(F)cc2)C[C@H](OCc2ccccc2C#N)[C@@H]2OC(C)(C)O[C@@H]2C1. The number of hydrogen-bond donors (Lipinski definition) is 1. The highest BCUT2D eigenvalue weighted by Crippen LogP contribution is 2.44. The number of nitrogens with one attached hydrogen (secondary N) is 1. The van der Waals surface area contributed by atoms with Crippen molar-refractivity contribution in [1.82, 2.24) is 10.2 Å². The number of carbonyl (C=O) groups is 1. The van der Waals surface area contributed by atoms with Gasteiger partial charge in [0.05, 0.1) is 37.1 Å². The second kappa shape index (κ2) is 11.9. The first-order chi connectivity index (χ1) is 18.1. The Bertz CT molecular complexity index is 1150. The highest BCUT2D eigenvalue weighted by atomic mass is 19.1. The van der Waals surface area contributed by atoms with Crippen LogP contribution in [0.15, 0.2) is 48.5 Å². The maximum atomic E-state index is 13.7. The molecule has 4 rings (SSSR count). The molecule has 1 heterocycles. The van der Waals surface area contributed by atoms with Gasteiger partial charge in [-0.2, -0.15) is 5.26 Å². The van der Waals surface area contributed by atoms with Crippen LogP contribution in [-0.2, 0) is 37.0 Å². The summed E-state index contributed by atoms with van der Waals surface area (Å²) in [5.41, 5.74) is 0.774. The van der Waals surface area contributed by atoms with E-state index < -0.39 is 29.7 Å².